The fourth-order valence-electron chi connectivity index (χ4n) is 2.11. The molecule has 3 N–H and O–H groups in total. The molecule has 1 atom stereocenters. The number of nitrogens with two attached hydrogens (primary N) is 1. The minimum atomic E-state index is -0.160. The van der Waals surface area contributed by atoms with Gasteiger partial charge in [0.25, 0.3) is 5.91 Å². The van der Waals surface area contributed by atoms with Gasteiger partial charge >= 0.3 is 0 Å². The number of carbonyl (C=O) groups is 1. The van der Waals surface area contributed by atoms with Crippen LogP contribution in [0.25, 0.3) is 0 Å². The summed E-state index contributed by atoms with van der Waals surface area (Å²) in [7, 11) is 0. The van der Waals surface area contributed by atoms with Crippen molar-refractivity contribution in [2.24, 2.45) is 0 Å². The molecule has 0 aliphatic carbocycles. The SMILES string of the molecule is CCN(CC)CCCC(C)NC(=O)c1cccc(N)n1.Cl.Cl. The van der Waals surface area contributed by atoms with Gasteiger partial charge in [-0.15, -0.1) is 24.8 Å². The van der Waals surface area contributed by atoms with Crippen molar-refractivity contribution in [3.63, 3.8) is 0 Å². The van der Waals surface area contributed by atoms with Crippen molar-refractivity contribution in [2.45, 2.75) is 39.7 Å². The van der Waals surface area contributed by atoms with Crippen molar-refractivity contribution >= 4 is 36.5 Å². The number of nitrogens with one attached hydrogen (secondary N) is 1. The third-order valence-electron chi connectivity index (χ3n) is 3.39. The van der Waals surface area contributed by atoms with Crippen LogP contribution >= 0.6 is 24.8 Å². The number of anilines is 1. The second-order valence-corrected chi connectivity index (χ2v) is 4.99. The fraction of sp³-hybridized carbons (Fsp3) is 0.600. The molecule has 1 aromatic heterocycles. The molecular formula is C15H28Cl2N4O. The maximum Gasteiger partial charge on any atom is 0.270 e. The maximum atomic E-state index is 12.0. The van der Waals surface area contributed by atoms with Gasteiger partial charge in [-0.05, 0) is 51.5 Å². The van der Waals surface area contributed by atoms with Gasteiger partial charge in [-0.3, -0.25) is 4.79 Å². The Hall–Kier alpha value is -1.04. The van der Waals surface area contributed by atoms with Crippen molar-refractivity contribution in [3.05, 3.63) is 23.9 Å². The minimum absolute atomic E-state index is 0. The first-order chi connectivity index (χ1) is 9.56. The summed E-state index contributed by atoms with van der Waals surface area (Å²) in [6.07, 6.45) is 2.04. The average Bonchev–Trinajstić information content (AvgIpc) is 2.43. The lowest BCUT2D eigenvalue weighted by molar-refractivity contribution is 0.0932. The van der Waals surface area contributed by atoms with Gasteiger partial charge in [0.05, 0.1) is 0 Å². The van der Waals surface area contributed by atoms with Crippen LogP contribution in [0.2, 0.25) is 0 Å². The molecular weight excluding hydrogens is 323 g/mol. The largest absolute Gasteiger partial charge is 0.384 e. The summed E-state index contributed by atoms with van der Waals surface area (Å²) in [6.45, 7) is 9.57. The molecule has 0 saturated carbocycles. The van der Waals surface area contributed by atoms with Gasteiger partial charge in [-0.2, -0.15) is 0 Å². The lowest BCUT2D eigenvalue weighted by Crippen LogP contribution is -2.34. The van der Waals surface area contributed by atoms with E-state index in [4.69, 9.17) is 5.73 Å². The van der Waals surface area contributed by atoms with E-state index in [0.717, 1.165) is 32.5 Å². The number of aromatic nitrogens is 1. The highest BCUT2D eigenvalue weighted by atomic mass is 35.5. The number of hydrogen-bond acceptors (Lipinski definition) is 4. The van der Waals surface area contributed by atoms with E-state index >= 15 is 0 Å². The molecule has 0 bridgehead atoms. The predicted molar refractivity (Wildman–Crippen MR) is 97.1 cm³/mol. The van der Waals surface area contributed by atoms with Crippen molar-refractivity contribution < 1.29 is 4.79 Å². The Morgan fingerprint density at radius 1 is 1.32 bits per heavy atom. The van der Waals surface area contributed by atoms with E-state index in [0.29, 0.717) is 11.5 Å². The zero-order valence-corrected chi connectivity index (χ0v) is 15.2. The van der Waals surface area contributed by atoms with Crippen LogP contribution in [-0.4, -0.2) is 41.5 Å². The van der Waals surface area contributed by atoms with E-state index in [1.807, 2.05) is 6.92 Å². The Morgan fingerprint density at radius 3 is 2.50 bits per heavy atom. The number of carbonyl (C=O) groups excluding carboxylic acids is 1. The molecule has 1 amide bonds. The Balaban J connectivity index is 0. The molecule has 1 aromatic rings. The molecule has 128 valence electrons. The predicted octanol–water partition coefficient (Wildman–Crippen LogP) is 2.75. The number of nitrogens with zero attached hydrogens (tertiary/aromatic N) is 2. The molecule has 0 aliphatic heterocycles. The Bertz CT molecular complexity index is 428. The molecule has 7 heteroatoms. The van der Waals surface area contributed by atoms with Gasteiger partial charge in [-0.1, -0.05) is 19.9 Å². The average molecular weight is 351 g/mol. The van der Waals surface area contributed by atoms with E-state index in [1.54, 1.807) is 18.2 Å². The topological polar surface area (TPSA) is 71.2 Å². The summed E-state index contributed by atoms with van der Waals surface area (Å²) in [5.74, 6) is 0.208. The van der Waals surface area contributed by atoms with E-state index in [1.165, 1.54) is 0 Å². The molecule has 0 aliphatic rings. The minimum Gasteiger partial charge on any atom is -0.384 e. The summed E-state index contributed by atoms with van der Waals surface area (Å²) in [4.78, 5) is 18.4. The summed E-state index contributed by atoms with van der Waals surface area (Å²) < 4.78 is 0. The highest BCUT2D eigenvalue weighted by Gasteiger charge is 2.11. The first kappa shape index (κ1) is 23.2. The number of nitrogen functional groups attached to an aromatic ring is 1. The summed E-state index contributed by atoms with van der Waals surface area (Å²) in [5.41, 5.74) is 5.95. The van der Waals surface area contributed by atoms with Crippen LogP contribution in [0.1, 0.15) is 44.1 Å². The maximum absolute atomic E-state index is 12.0. The first-order valence-electron chi connectivity index (χ1n) is 7.32. The number of amides is 1. The zero-order chi connectivity index (χ0) is 15.0. The lowest BCUT2D eigenvalue weighted by Gasteiger charge is -2.19. The summed E-state index contributed by atoms with van der Waals surface area (Å²) >= 11 is 0. The quantitative estimate of drug-likeness (QED) is 0.756. The first-order valence-corrected chi connectivity index (χ1v) is 7.32. The van der Waals surface area contributed by atoms with Crippen molar-refractivity contribution in [1.82, 2.24) is 15.2 Å². The number of halogens is 2. The van der Waals surface area contributed by atoms with E-state index < -0.39 is 0 Å². The summed E-state index contributed by atoms with van der Waals surface area (Å²) in [5, 5.41) is 2.96. The van der Waals surface area contributed by atoms with Crippen LogP contribution in [0, 0.1) is 0 Å². The molecule has 0 radical (unpaired) electrons. The molecule has 1 rings (SSSR count). The molecule has 0 spiro atoms. The standard InChI is InChI=1S/C15H26N4O.2ClH/c1-4-19(5-2)11-7-8-12(3)17-15(20)13-9-6-10-14(16)18-13;;/h6,9-10,12H,4-5,7-8,11H2,1-3H3,(H2,16,18)(H,17,20);2*1H. The van der Waals surface area contributed by atoms with Crippen LogP contribution in [-0.2, 0) is 0 Å². The van der Waals surface area contributed by atoms with Gasteiger partial charge < -0.3 is 16.0 Å². The third-order valence-corrected chi connectivity index (χ3v) is 3.39. The van der Waals surface area contributed by atoms with Crippen LogP contribution in [0.3, 0.4) is 0 Å². The van der Waals surface area contributed by atoms with Gasteiger partial charge in [0.15, 0.2) is 0 Å². The molecule has 5 nitrogen and oxygen atoms in total. The smallest absolute Gasteiger partial charge is 0.270 e. The molecule has 22 heavy (non-hydrogen) atoms. The Kier molecular flexibility index (Phi) is 13.2. The highest BCUT2D eigenvalue weighted by Crippen LogP contribution is 2.03. The Morgan fingerprint density at radius 2 is 1.95 bits per heavy atom. The second-order valence-electron chi connectivity index (χ2n) is 4.99. The zero-order valence-electron chi connectivity index (χ0n) is 13.5. The fourth-order valence-corrected chi connectivity index (χ4v) is 2.11. The lowest BCUT2D eigenvalue weighted by atomic mass is 10.1. The van der Waals surface area contributed by atoms with Gasteiger partial charge in [0, 0.05) is 6.04 Å². The number of pyridine rings is 1. The van der Waals surface area contributed by atoms with E-state index in [-0.39, 0.29) is 36.8 Å². The van der Waals surface area contributed by atoms with Crippen molar-refractivity contribution in [3.8, 4) is 0 Å². The molecule has 0 aromatic carbocycles. The molecule has 1 unspecified atom stereocenters. The van der Waals surface area contributed by atoms with E-state index in [2.05, 4.69) is 29.0 Å². The summed E-state index contributed by atoms with van der Waals surface area (Å²) in [6, 6.07) is 5.22. The molecule has 1 heterocycles. The van der Waals surface area contributed by atoms with Crippen LogP contribution in [0.15, 0.2) is 18.2 Å². The van der Waals surface area contributed by atoms with Gasteiger partial charge in [0.2, 0.25) is 0 Å². The van der Waals surface area contributed by atoms with Crippen LogP contribution in [0.4, 0.5) is 5.82 Å². The second kappa shape index (κ2) is 12.5. The van der Waals surface area contributed by atoms with Crippen LogP contribution in [0.5, 0.6) is 0 Å². The molecule has 0 fully saturated rings. The van der Waals surface area contributed by atoms with Crippen LogP contribution < -0.4 is 11.1 Å². The highest BCUT2D eigenvalue weighted by molar-refractivity contribution is 5.92. The van der Waals surface area contributed by atoms with Crippen molar-refractivity contribution in [2.75, 3.05) is 25.4 Å². The monoisotopic (exact) mass is 350 g/mol. The third kappa shape index (κ3) is 8.41. The molecule has 0 saturated heterocycles. The van der Waals surface area contributed by atoms with Gasteiger partial charge in [0.1, 0.15) is 11.5 Å². The van der Waals surface area contributed by atoms with Crippen molar-refractivity contribution in [1.29, 1.82) is 0 Å². The number of hydrogen-bond donors (Lipinski definition) is 2. The number of rotatable bonds is 8. The Labute approximate surface area is 145 Å². The van der Waals surface area contributed by atoms with E-state index in [9.17, 15) is 4.79 Å². The normalized spacial score (nSPS) is 11.3. The van der Waals surface area contributed by atoms with Gasteiger partial charge in [-0.25, -0.2) is 4.98 Å².